The Morgan fingerprint density at radius 2 is 0.933 bits per heavy atom. The summed E-state index contributed by atoms with van der Waals surface area (Å²) in [7, 11) is 0. The van der Waals surface area contributed by atoms with Crippen LogP contribution in [0.4, 0.5) is 0 Å². The first-order valence-electron chi connectivity index (χ1n) is 10.1. The van der Waals surface area contributed by atoms with E-state index in [2.05, 4.69) is 107 Å². The fourth-order valence-corrected chi connectivity index (χ4v) is 5.55. The standard InChI is InChI=1S/C28H15BrO/c29-25-15-27-28(21-12-6-5-11-20(21)25)24-13-22-18-9-3-1-7-16(18)17-8-2-4-10-19(17)23(22)14-26(24)30-27/h1-15H. The number of furan rings is 1. The third-order valence-electron chi connectivity index (χ3n) is 6.29. The van der Waals surface area contributed by atoms with E-state index >= 15 is 0 Å². The van der Waals surface area contributed by atoms with Gasteiger partial charge in [0.1, 0.15) is 11.2 Å². The maximum atomic E-state index is 6.38. The van der Waals surface area contributed by atoms with Crippen molar-refractivity contribution in [3.8, 4) is 0 Å². The molecule has 30 heavy (non-hydrogen) atoms. The summed E-state index contributed by atoms with van der Waals surface area (Å²) in [5.41, 5.74) is 1.85. The van der Waals surface area contributed by atoms with Gasteiger partial charge in [-0.3, -0.25) is 0 Å². The zero-order chi connectivity index (χ0) is 19.8. The van der Waals surface area contributed by atoms with Gasteiger partial charge in [-0.05, 0) is 61.3 Å². The highest BCUT2D eigenvalue weighted by Crippen LogP contribution is 2.42. The quantitative estimate of drug-likeness (QED) is 0.212. The van der Waals surface area contributed by atoms with Crippen LogP contribution in [-0.4, -0.2) is 0 Å². The normalized spacial score (nSPS) is 12.2. The van der Waals surface area contributed by atoms with Gasteiger partial charge in [0.15, 0.2) is 0 Å². The molecule has 140 valence electrons. The Balaban J connectivity index is 1.79. The lowest BCUT2D eigenvalue weighted by atomic mass is 9.93. The molecule has 0 N–H and O–H groups in total. The minimum atomic E-state index is 0.916. The first-order chi connectivity index (χ1) is 14.8. The summed E-state index contributed by atoms with van der Waals surface area (Å²) in [4.78, 5) is 0. The number of rotatable bonds is 0. The van der Waals surface area contributed by atoms with Crippen LogP contribution in [0.15, 0.2) is 99.9 Å². The molecule has 1 aromatic heterocycles. The molecule has 0 atom stereocenters. The van der Waals surface area contributed by atoms with Crippen molar-refractivity contribution in [3.63, 3.8) is 0 Å². The van der Waals surface area contributed by atoms with Crippen molar-refractivity contribution in [3.05, 3.63) is 95.5 Å². The molecular formula is C28H15BrO. The SMILES string of the molecule is Brc1cc2oc3cc4c5ccccc5c5ccccc5c4cc3c2c2ccccc12. The van der Waals surface area contributed by atoms with E-state index in [4.69, 9.17) is 4.42 Å². The molecule has 0 aliphatic heterocycles. The van der Waals surface area contributed by atoms with Gasteiger partial charge in [-0.1, -0.05) is 88.7 Å². The van der Waals surface area contributed by atoms with Gasteiger partial charge < -0.3 is 4.42 Å². The molecule has 1 heterocycles. The predicted octanol–water partition coefficient (Wildman–Crippen LogP) is 8.96. The molecule has 0 aliphatic rings. The Hall–Kier alpha value is -3.36. The molecule has 6 aromatic carbocycles. The van der Waals surface area contributed by atoms with Gasteiger partial charge in [0, 0.05) is 15.2 Å². The van der Waals surface area contributed by atoms with Gasteiger partial charge in [-0.2, -0.15) is 0 Å². The molecule has 0 spiro atoms. The molecule has 0 saturated carbocycles. The summed E-state index contributed by atoms with van der Waals surface area (Å²) in [5, 5.41) is 12.4. The summed E-state index contributed by atoms with van der Waals surface area (Å²) < 4.78 is 7.44. The van der Waals surface area contributed by atoms with Crippen molar-refractivity contribution >= 4 is 81.0 Å². The van der Waals surface area contributed by atoms with E-state index in [1.165, 1.54) is 53.9 Å². The molecule has 0 unspecified atom stereocenters. The van der Waals surface area contributed by atoms with E-state index in [1.54, 1.807) is 0 Å². The zero-order valence-corrected chi connectivity index (χ0v) is 17.5. The van der Waals surface area contributed by atoms with Gasteiger partial charge >= 0.3 is 0 Å². The van der Waals surface area contributed by atoms with Crippen molar-refractivity contribution in [2.45, 2.75) is 0 Å². The van der Waals surface area contributed by atoms with Gasteiger partial charge in [0.25, 0.3) is 0 Å². The van der Waals surface area contributed by atoms with Crippen molar-refractivity contribution in [1.29, 1.82) is 0 Å². The highest BCUT2D eigenvalue weighted by atomic mass is 79.9. The van der Waals surface area contributed by atoms with Gasteiger partial charge in [-0.15, -0.1) is 0 Å². The first-order valence-corrected chi connectivity index (χ1v) is 10.9. The van der Waals surface area contributed by atoms with Crippen LogP contribution in [0.2, 0.25) is 0 Å². The molecule has 0 saturated heterocycles. The van der Waals surface area contributed by atoms with Gasteiger partial charge in [-0.25, -0.2) is 0 Å². The lowest BCUT2D eigenvalue weighted by Crippen LogP contribution is -1.83. The Morgan fingerprint density at radius 3 is 1.57 bits per heavy atom. The molecule has 0 aliphatic carbocycles. The zero-order valence-electron chi connectivity index (χ0n) is 15.9. The number of halogens is 1. The highest BCUT2D eigenvalue weighted by molar-refractivity contribution is 9.10. The van der Waals surface area contributed by atoms with Gasteiger partial charge in [0.05, 0.1) is 0 Å². The minimum Gasteiger partial charge on any atom is -0.456 e. The summed E-state index contributed by atoms with van der Waals surface area (Å²) in [5.74, 6) is 0. The van der Waals surface area contributed by atoms with Crippen molar-refractivity contribution in [2.24, 2.45) is 0 Å². The second kappa shape index (κ2) is 5.84. The van der Waals surface area contributed by atoms with Gasteiger partial charge in [0.2, 0.25) is 0 Å². The number of benzene rings is 6. The third-order valence-corrected chi connectivity index (χ3v) is 6.95. The molecule has 0 amide bonds. The Kier molecular flexibility index (Phi) is 3.20. The number of hydrogen-bond donors (Lipinski definition) is 0. The fraction of sp³-hybridized carbons (Fsp3) is 0. The van der Waals surface area contributed by atoms with Crippen molar-refractivity contribution < 1.29 is 4.42 Å². The van der Waals surface area contributed by atoms with E-state index in [-0.39, 0.29) is 0 Å². The molecule has 0 bridgehead atoms. The van der Waals surface area contributed by atoms with E-state index in [0.29, 0.717) is 0 Å². The topological polar surface area (TPSA) is 13.1 Å². The smallest absolute Gasteiger partial charge is 0.137 e. The van der Waals surface area contributed by atoms with Crippen LogP contribution in [-0.2, 0) is 0 Å². The summed E-state index contributed by atoms with van der Waals surface area (Å²) in [6.45, 7) is 0. The summed E-state index contributed by atoms with van der Waals surface area (Å²) in [6, 6.07) is 32.5. The van der Waals surface area contributed by atoms with Crippen LogP contribution in [0, 0.1) is 0 Å². The first kappa shape index (κ1) is 16.4. The Labute approximate surface area is 180 Å². The Morgan fingerprint density at radius 1 is 0.433 bits per heavy atom. The molecule has 0 radical (unpaired) electrons. The minimum absolute atomic E-state index is 0.916. The van der Waals surface area contributed by atoms with Crippen LogP contribution in [0.5, 0.6) is 0 Å². The summed E-state index contributed by atoms with van der Waals surface area (Å²) >= 11 is 3.72. The van der Waals surface area contributed by atoms with Crippen LogP contribution in [0.1, 0.15) is 0 Å². The predicted molar refractivity (Wildman–Crippen MR) is 131 cm³/mol. The van der Waals surface area contributed by atoms with E-state index in [1.807, 2.05) is 0 Å². The highest BCUT2D eigenvalue weighted by Gasteiger charge is 2.16. The maximum Gasteiger partial charge on any atom is 0.137 e. The third kappa shape index (κ3) is 2.07. The average Bonchev–Trinajstić information content (AvgIpc) is 3.15. The largest absolute Gasteiger partial charge is 0.456 e. The monoisotopic (exact) mass is 446 g/mol. The lowest BCUT2D eigenvalue weighted by molar-refractivity contribution is 0.669. The van der Waals surface area contributed by atoms with Crippen LogP contribution in [0.25, 0.3) is 65.0 Å². The number of hydrogen-bond acceptors (Lipinski definition) is 1. The molecule has 7 rings (SSSR count). The number of fused-ring (bicyclic) bond motifs is 11. The molecule has 2 heteroatoms. The maximum absolute atomic E-state index is 6.38. The second-order valence-corrected chi connectivity index (χ2v) is 8.72. The van der Waals surface area contributed by atoms with Crippen molar-refractivity contribution in [2.75, 3.05) is 0 Å². The van der Waals surface area contributed by atoms with Crippen molar-refractivity contribution in [1.82, 2.24) is 0 Å². The van der Waals surface area contributed by atoms with E-state index < -0.39 is 0 Å². The lowest BCUT2D eigenvalue weighted by Gasteiger charge is -2.10. The molecule has 0 fully saturated rings. The summed E-state index contributed by atoms with van der Waals surface area (Å²) in [6.07, 6.45) is 0. The second-order valence-electron chi connectivity index (χ2n) is 7.86. The van der Waals surface area contributed by atoms with E-state index in [0.717, 1.165) is 15.6 Å². The van der Waals surface area contributed by atoms with Crippen LogP contribution in [0.3, 0.4) is 0 Å². The van der Waals surface area contributed by atoms with Crippen LogP contribution >= 0.6 is 15.9 Å². The molecule has 1 nitrogen and oxygen atoms in total. The Bertz CT molecular complexity index is 1810. The fourth-order valence-electron chi connectivity index (χ4n) is 4.99. The van der Waals surface area contributed by atoms with Crippen LogP contribution < -0.4 is 0 Å². The molecule has 7 aromatic rings. The van der Waals surface area contributed by atoms with E-state index in [9.17, 15) is 0 Å². The average molecular weight is 447 g/mol. The molecular weight excluding hydrogens is 432 g/mol.